The van der Waals surface area contributed by atoms with Gasteiger partial charge in [0.05, 0.1) is 22.4 Å². The van der Waals surface area contributed by atoms with Crippen LogP contribution in [0.1, 0.15) is 50.6 Å². The van der Waals surface area contributed by atoms with Crippen LogP contribution >= 0.6 is 0 Å². The van der Waals surface area contributed by atoms with Crippen molar-refractivity contribution in [2.45, 2.75) is 24.9 Å². The molecule has 1 aliphatic carbocycles. The Balaban J connectivity index is 1.92. The Morgan fingerprint density at radius 3 is 2.04 bits per heavy atom. The lowest BCUT2D eigenvalue weighted by atomic mass is 10.0. The number of amides is 2. The highest BCUT2D eigenvalue weighted by atomic mass is 19.4. The van der Waals surface area contributed by atoms with Crippen LogP contribution in [0.2, 0.25) is 0 Å². The van der Waals surface area contributed by atoms with E-state index in [9.17, 15) is 22.8 Å². The van der Waals surface area contributed by atoms with Gasteiger partial charge >= 0.3 is 6.18 Å². The van der Waals surface area contributed by atoms with Crippen LogP contribution in [-0.2, 0) is 6.18 Å². The lowest BCUT2D eigenvalue weighted by Crippen LogP contribution is -2.31. The average molecular weight is 346 g/mol. The second-order valence-corrected chi connectivity index (χ2v) is 6.26. The summed E-state index contributed by atoms with van der Waals surface area (Å²) < 4.78 is 39.6. The van der Waals surface area contributed by atoms with Gasteiger partial charge in [-0.05, 0) is 43.0 Å². The van der Waals surface area contributed by atoms with E-state index in [0.29, 0.717) is 5.56 Å². The molecule has 1 saturated carbocycles. The number of benzene rings is 2. The SMILES string of the molecule is Nc1cc(C(F)(F)F)cc(N2C(=O)c3ccccc3C2=O)c1C1CC1. The van der Waals surface area contributed by atoms with Gasteiger partial charge in [0, 0.05) is 11.3 Å². The maximum atomic E-state index is 13.2. The van der Waals surface area contributed by atoms with Crippen LogP contribution in [0.3, 0.4) is 0 Å². The molecule has 0 saturated heterocycles. The van der Waals surface area contributed by atoms with Gasteiger partial charge in [0.2, 0.25) is 0 Å². The molecule has 1 fully saturated rings. The molecule has 2 aromatic rings. The van der Waals surface area contributed by atoms with Crippen molar-refractivity contribution in [2.75, 3.05) is 10.6 Å². The molecule has 1 heterocycles. The summed E-state index contributed by atoms with van der Waals surface area (Å²) in [5.41, 5.74) is 5.63. The molecule has 2 aromatic carbocycles. The highest BCUT2D eigenvalue weighted by molar-refractivity contribution is 6.34. The minimum absolute atomic E-state index is 0.0263. The van der Waals surface area contributed by atoms with E-state index in [1.165, 1.54) is 12.1 Å². The van der Waals surface area contributed by atoms with Crippen LogP contribution in [0.4, 0.5) is 24.5 Å². The standard InChI is InChI=1S/C18H13F3N2O2/c19-18(20,21)10-7-13(22)15(9-5-6-9)14(8-10)23-16(24)11-3-1-2-4-12(11)17(23)25/h1-4,7-9H,5-6,22H2. The summed E-state index contributed by atoms with van der Waals surface area (Å²) in [7, 11) is 0. The first-order valence-electron chi connectivity index (χ1n) is 7.77. The van der Waals surface area contributed by atoms with Crippen molar-refractivity contribution in [1.29, 1.82) is 0 Å². The van der Waals surface area contributed by atoms with E-state index in [-0.39, 0.29) is 28.4 Å². The van der Waals surface area contributed by atoms with Crippen molar-refractivity contribution >= 4 is 23.2 Å². The molecule has 25 heavy (non-hydrogen) atoms. The summed E-state index contributed by atoms with van der Waals surface area (Å²) in [5, 5.41) is 0. The molecule has 0 atom stereocenters. The second kappa shape index (κ2) is 5.08. The Morgan fingerprint density at radius 1 is 1.00 bits per heavy atom. The number of hydrogen-bond donors (Lipinski definition) is 1. The predicted molar refractivity (Wildman–Crippen MR) is 85.4 cm³/mol. The Hall–Kier alpha value is -2.83. The molecule has 2 aliphatic rings. The van der Waals surface area contributed by atoms with Crippen molar-refractivity contribution in [3.63, 3.8) is 0 Å². The van der Waals surface area contributed by atoms with Gasteiger partial charge in [-0.2, -0.15) is 13.2 Å². The zero-order valence-corrected chi connectivity index (χ0v) is 12.9. The molecule has 0 bridgehead atoms. The summed E-state index contributed by atoms with van der Waals surface area (Å²) >= 11 is 0. The molecule has 0 aromatic heterocycles. The minimum Gasteiger partial charge on any atom is -0.398 e. The molecule has 2 amide bonds. The third kappa shape index (κ3) is 2.38. The molecule has 4 nitrogen and oxygen atoms in total. The Kier molecular flexibility index (Phi) is 3.19. The lowest BCUT2D eigenvalue weighted by molar-refractivity contribution is -0.137. The van der Waals surface area contributed by atoms with Crippen molar-refractivity contribution in [2.24, 2.45) is 0 Å². The Morgan fingerprint density at radius 2 is 1.56 bits per heavy atom. The molecule has 0 radical (unpaired) electrons. The highest BCUT2D eigenvalue weighted by Crippen LogP contribution is 2.50. The number of alkyl halides is 3. The number of nitrogen functional groups attached to an aromatic ring is 1. The third-order valence-electron chi connectivity index (χ3n) is 4.54. The Bertz CT molecular complexity index is 882. The third-order valence-corrected chi connectivity index (χ3v) is 4.54. The van der Waals surface area contributed by atoms with Gasteiger partial charge in [-0.25, -0.2) is 4.90 Å². The van der Waals surface area contributed by atoms with Crippen molar-refractivity contribution in [1.82, 2.24) is 0 Å². The molecular formula is C18H13F3N2O2. The molecule has 1 aliphatic heterocycles. The number of halogens is 3. The van der Waals surface area contributed by atoms with Crippen LogP contribution in [0, 0.1) is 0 Å². The van der Waals surface area contributed by atoms with E-state index in [4.69, 9.17) is 5.73 Å². The predicted octanol–water partition coefficient (Wildman–Crippen LogP) is 3.97. The summed E-state index contributed by atoms with van der Waals surface area (Å²) in [6.45, 7) is 0. The second-order valence-electron chi connectivity index (χ2n) is 6.26. The fourth-order valence-corrected chi connectivity index (χ4v) is 3.23. The van der Waals surface area contributed by atoms with Crippen LogP contribution < -0.4 is 10.6 Å². The first kappa shape index (κ1) is 15.7. The van der Waals surface area contributed by atoms with E-state index >= 15 is 0 Å². The molecule has 128 valence electrons. The van der Waals surface area contributed by atoms with Crippen molar-refractivity contribution < 1.29 is 22.8 Å². The van der Waals surface area contributed by atoms with Gasteiger partial charge in [0.25, 0.3) is 11.8 Å². The smallest absolute Gasteiger partial charge is 0.398 e. The first-order valence-corrected chi connectivity index (χ1v) is 7.77. The van der Waals surface area contributed by atoms with E-state index in [0.717, 1.165) is 29.9 Å². The summed E-state index contributed by atoms with van der Waals surface area (Å²) in [4.78, 5) is 26.1. The first-order chi connectivity index (χ1) is 11.8. The molecule has 4 rings (SSSR count). The summed E-state index contributed by atoms with van der Waals surface area (Å²) in [5.74, 6) is -1.27. The van der Waals surface area contributed by atoms with E-state index in [2.05, 4.69) is 0 Å². The average Bonchev–Trinajstić information content (AvgIpc) is 3.34. The van der Waals surface area contributed by atoms with Gasteiger partial charge in [0.15, 0.2) is 0 Å². The number of carbonyl (C=O) groups is 2. The number of rotatable bonds is 2. The molecule has 7 heteroatoms. The molecule has 0 spiro atoms. The number of nitrogens with zero attached hydrogens (tertiary/aromatic N) is 1. The number of fused-ring (bicyclic) bond motifs is 1. The van der Waals surface area contributed by atoms with Crippen LogP contribution in [0.15, 0.2) is 36.4 Å². The van der Waals surface area contributed by atoms with E-state index < -0.39 is 23.6 Å². The molecule has 2 N–H and O–H groups in total. The van der Waals surface area contributed by atoms with E-state index in [1.807, 2.05) is 0 Å². The fourth-order valence-electron chi connectivity index (χ4n) is 3.23. The topological polar surface area (TPSA) is 63.4 Å². The Labute approximate surface area is 141 Å². The number of imide groups is 1. The van der Waals surface area contributed by atoms with Crippen molar-refractivity contribution in [3.05, 3.63) is 58.7 Å². The number of nitrogens with two attached hydrogens (primary N) is 1. The van der Waals surface area contributed by atoms with Crippen LogP contribution in [0.5, 0.6) is 0 Å². The maximum Gasteiger partial charge on any atom is 0.416 e. The van der Waals surface area contributed by atoms with Gasteiger partial charge < -0.3 is 5.73 Å². The van der Waals surface area contributed by atoms with Crippen LogP contribution in [-0.4, -0.2) is 11.8 Å². The van der Waals surface area contributed by atoms with Gasteiger partial charge in [-0.3, -0.25) is 9.59 Å². The van der Waals surface area contributed by atoms with Crippen molar-refractivity contribution in [3.8, 4) is 0 Å². The monoisotopic (exact) mass is 346 g/mol. The highest BCUT2D eigenvalue weighted by Gasteiger charge is 2.42. The maximum absolute atomic E-state index is 13.2. The largest absolute Gasteiger partial charge is 0.416 e. The van der Waals surface area contributed by atoms with Gasteiger partial charge in [-0.1, -0.05) is 12.1 Å². The van der Waals surface area contributed by atoms with E-state index in [1.54, 1.807) is 12.1 Å². The summed E-state index contributed by atoms with van der Waals surface area (Å²) in [6, 6.07) is 7.92. The minimum atomic E-state index is -4.62. The van der Waals surface area contributed by atoms with Gasteiger partial charge in [0.1, 0.15) is 0 Å². The van der Waals surface area contributed by atoms with Crippen LogP contribution in [0.25, 0.3) is 0 Å². The number of carbonyl (C=O) groups excluding carboxylic acids is 2. The fraction of sp³-hybridized carbons (Fsp3) is 0.222. The molecule has 0 unspecified atom stereocenters. The zero-order valence-electron chi connectivity index (χ0n) is 12.9. The molecular weight excluding hydrogens is 333 g/mol. The normalized spacial score (nSPS) is 17.2. The zero-order chi connectivity index (χ0) is 17.9. The summed E-state index contributed by atoms with van der Waals surface area (Å²) in [6.07, 6.45) is -3.08. The quantitative estimate of drug-likeness (QED) is 0.661. The number of anilines is 2. The van der Waals surface area contributed by atoms with Gasteiger partial charge in [-0.15, -0.1) is 0 Å². The number of hydrogen-bond acceptors (Lipinski definition) is 3. The lowest BCUT2D eigenvalue weighted by Gasteiger charge is -2.22.